The van der Waals surface area contributed by atoms with Crippen LogP contribution in [0.5, 0.6) is 17.2 Å². The van der Waals surface area contributed by atoms with Gasteiger partial charge in [0.2, 0.25) is 0 Å². The van der Waals surface area contributed by atoms with Crippen LogP contribution < -0.4 is 14.2 Å². The van der Waals surface area contributed by atoms with Crippen molar-refractivity contribution in [1.29, 1.82) is 0 Å². The number of benzene rings is 1. The van der Waals surface area contributed by atoms with Crippen LogP contribution in [0.1, 0.15) is 82.9 Å². The predicted molar refractivity (Wildman–Crippen MR) is 146 cm³/mol. The second-order valence-electron chi connectivity index (χ2n) is 11.6. The summed E-state index contributed by atoms with van der Waals surface area (Å²) in [6.07, 6.45) is 6.37. The largest absolute Gasteiger partial charge is 0.496 e. The Balaban J connectivity index is 2.78. The Bertz CT molecular complexity index is 910. The highest BCUT2D eigenvalue weighted by molar-refractivity contribution is 6.74. The standard InChI is InChI=1S/C29H48O4Si/c1-18(2)15-14-16-19(3)23-22(33-34(12,13)29(6,7)8)17-20(4)24-25(23)26(30-9)21(5)27(31-10)28(24)32-11/h14-15,19-20,22-23H,1,16-17H2,2-13H3/b15-14+/t19-,20+,22+,23+/m1/s1. The fourth-order valence-electron chi connectivity index (χ4n) is 5.13. The lowest BCUT2D eigenvalue weighted by Gasteiger charge is -2.47. The molecule has 4 atom stereocenters. The highest BCUT2D eigenvalue weighted by atomic mass is 28.4. The van der Waals surface area contributed by atoms with Gasteiger partial charge < -0.3 is 18.6 Å². The Morgan fingerprint density at radius 1 is 1.06 bits per heavy atom. The number of hydrogen-bond acceptors (Lipinski definition) is 4. The topological polar surface area (TPSA) is 36.9 Å². The molecule has 34 heavy (non-hydrogen) atoms. The van der Waals surface area contributed by atoms with E-state index in [-0.39, 0.29) is 23.0 Å². The molecule has 1 aliphatic carbocycles. The zero-order chi connectivity index (χ0) is 26.0. The van der Waals surface area contributed by atoms with Crippen LogP contribution in [0.25, 0.3) is 0 Å². The first kappa shape index (κ1) is 28.5. The molecule has 2 rings (SSSR count). The van der Waals surface area contributed by atoms with Gasteiger partial charge in [0, 0.05) is 22.6 Å². The minimum Gasteiger partial charge on any atom is -0.496 e. The molecule has 0 saturated heterocycles. The molecule has 4 nitrogen and oxygen atoms in total. The normalized spacial score (nSPS) is 21.8. The summed E-state index contributed by atoms with van der Waals surface area (Å²) in [5.41, 5.74) is 4.49. The molecule has 1 aliphatic rings. The van der Waals surface area contributed by atoms with Gasteiger partial charge in [0.1, 0.15) is 5.75 Å². The van der Waals surface area contributed by atoms with Crippen LogP contribution >= 0.6 is 0 Å². The van der Waals surface area contributed by atoms with Crippen molar-refractivity contribution in [2.45, 2.75) is 97.4 Å². The van der Waals surface area contributed by atoms with E-state index >= 15 is 0 Å². The molecule has 0 unspecified atom stereocenters. The molecule has 5 heteroatoms. The molecule has 1 aromatic rings. The van der Waals surface area contributed by atoms with E-state index in [1.54, 1.807) is 21.3 Å². The highest BCUT2D eigenvalue weighted by Gasteiger charge is 2.47. The van der Waals surface area contributed by atoms with Gasteiger partial charge in [0.25, 0.3) is 0 Å². The van der Waals surface area contributed by atoms with Crippen LogP contribution in [0.2, 0.25) is 18.1 Å². The first-order chi connectivity index (χ1) is 15.7. The maximum Gasteiger partial charge on any atom is 0.192 e. The van der Waals surface area contributed by atoms with Gasteiger partial charge in [-0.15, -0.1) is 0 Å². The summed E-state index contributed by atoms with van der Waals surface area (Å²) in [4.78, 5) is 0. The lowest BCUT2D eigenvalue weighted by Crippen LogP contribution is -2.47. The molecule has 0 radical (unpaired) electrons. The van der Waals surface area contributed by atoms with Gasteiger partial charge in [-0.3, -0.25) is 0 Å². The minimum atomic E-state index is -1.99. The quantitative estimate of drug-likeness (QED) is 0.259. The van der Waals surface area contributed by atoms with E-state index in [1.165, 1.54) is 11.1 Å². The number of hydrogen-bond donors (Lipinski definition) is 0. The second-order valence-corrected chi connectivity index (χ2v) is 16.3. The van der Waals surface area contributed by atoms with E-state index < -0.39 is 8.32 Å². The predicted octanol–water partition coefficient (Wildman–Crippen LogP) is 8.16. The molecule has 0 heterocycles. The Hall–Kier alpha value is -1.72. The van der Waals surface area contributed by atoms with Gasteiger partial charge in [-0.05, 0) is 56.7 Å². The monoisotopic (exact) mass is 488 g/mol. The fraction of sp³-hybridized carbons (Fsp3) is 0.655. The zero-order valence-corrected chi connectivity index (χ0v) is 24.7. The van der Waals surface area contributed by atoms with E-state index in [2.05, 4.69) is 73.4 Å². The van der Waals surface area contributed by atoms with E-state index in [4.69, 9.17) is 18.6 Å². The first-order valence-electron chi connectivity index (χ1n) is 12.5. The van der Waals surface area contributed by atoms with Gasteiger partial charge in [0.05, 0.1) is 27.4 Å². The SMILES string of the molecule is C=C(C)/C=C/C[C@@H](C)[C@@H]1c2c(OC)c(C)c(OC)c(OC)c2[C@@H](C)C[C@@H]1O[Si](C)(C)C(C)(C)C. The Labute approximate surface area is 209 Å². The lowest BCUT2D eigenvalue weighted by molar-refractivity contribution is 0.100. The zero-order valence-electron chi connectivity index (χ0n) is 23.7. The molecule has 1 aromatic carbocycles. The molecule has 0 saturated carbocycles. The van der Waals surface area contributed by atoms with E-state index in [0.29, 0.717) is 5.92 Å². The number of fused-ring (bicyclic) bond motifs is 1. The summed E-state index contributed by atoms with van der Waals surface area (Å²) in [6, 6.07) is 0. The van der Waals surface area contributed by atoms with Gasteiger partial charge in [-0.2, -0.15) is 0 Å². The van der Waals surface area contributed by atoms with Crippen LogP contribution in [-0.4, -0.2) is 35.8 Å². The van der Waals surface area contributed by atoms with Crippen LogP contribution in [0.3, 0.4) is 0 Å². The van der Waals surface area contributed by atoms with Crippen molar-refractivity contribution >= 4 is 8.32 Å². The van der Waals surface area contributed by atoms with Crippen LogP contribution in [0, 0.1) is 12.8 Å². The fourth-order valence-corrected chi connectivity index (χ4v) is 6.48. The molecular weight excluding hydrogens is 440 g/mol. The third-order valence-corrected chi connectivity index (χ3v) is 12.4. The third-order valence-electron chi connectivity index (χ3n) is 7.87. The molecule has 0 aromatic heterocycles. The van der Waals surface area contributed by atoms with Crippen LogP contribution in [-0.2, 0) is 4.43 Å². The summed E-state index contributed by atoms with van der Waals surface area (Å²) < 4.78 is 25.1. The van der Waals surface area contributed by atoms with Gasteiger partial charge in [0.15, 0.2) is 19.8 Å². The number of rotatable bonds is 9. The van der Waals surface area contributed by atoms with Crippen molar-refractivity contribution < 1.29 is 18.6 Å². The van der Waals surface area contributed by atoms with Gasteiger partial charge in [-0.25, -0.2) is 0 Å². The third kappa shape index (κ3) is 5.57. The Morgan fingerprint density at radius 3 is 2.09 bits per heavy atom. The Kier molecular flexibility index (Phi) is 9.14. The van der Waals surface area contributed by atoms with Crippen molar-refractivity contribution in [3.63, 3.8) is 0 Å². The van der Waals surface area contributed by atoms with Crippen molar-refractivity contribution in [2.75, 3.05) is 21.3 Å². The number of ether oxygens (including phenoxy) is 3. The average molecular weight is 489 g/mol. The summed E-state index contributed by atoms with van der Waals surface area (Å²) in [6.45, 7) is 24.4. The first-order valence-corrected chi connectivity index (χ1v) is 15.4. The van der Waals surface area contributed by atoms with E-state index in [0.717, 1.165) is 41.2 Å². The molecular formula is C29H48O4Si. The second kappa shape index (κ2) is 10.9. The molecule has 0 N–H and O–H groups in total. The van der Waals surface area contributed by atoms with Gasteiger partial charge >= 0.3 is 0 Å². The molecule has 192 valence electrons. The lowest BCUT2D eigenvalue weighted by atomic mass is 9.68. The van der Waals surface area contributed by atoms with Crippen molar-refractivity contribution in [2.24, 2.45) is 5.92 Å². The number of allylic oxidation sites excluding steroid dienone is 3. The summed E-state index contributed by atoms with van der Waals surface area (Å²) in [5, 5.41) is 0.141. The summed E-state index contributed by atoms with van der Waals surface area (Å²) >= 11 is 0. The summed E-state index contributed by atoms with van der Waals surface area (Å²) in [5.74, 6) is 3.30. The van der Waals surface area contributed by atoms with Crippen LogP contribution in [0.4, 0.5) is 0 Å². The van der Waals surface area contributed by atoms with Gasteiger partial charge in [-0.1, -0.05) is 58.9 Å². The number of methoxy groups -OCH3 is 3. The maximum atomic E-state index is 7.17. The molecule has 0 bridgehead atoms. The summed E-state index contributed by atoms with van der Waals surface area (Å²) in [7, 11) is 3.22. The highest BCUT2D eigenvalue weighted by Crippen LogP contribution is 2.57. The molecule has 0 amide bonds. The maximum absolute atomic E-state index is 7.17. The van der Waals surface area contributed by atoms with E-state index in [1.807, 2.05) is 6.92 Å². The van der Waals surface area contributed by atoms with Crippen LogP contribution in [0.15, 0.2) is 24.3 Å². The Morgan fingerprint density at radius 2 is 1.62 bits per heavy atom. The molecule has 0 spiro atoms. The van der Waals surface area contributed by atoms with Crippen molar-refractivity contribution in [3.05, 3.63) is 41.0 Å². The van der Waals surface area contributed by atoms with Crippen molar-refractivity contribution in [3.8, 4) is 17.2 Å². The van der Waals surface area contributed by atoms with E-state index in [9.17, 15) is 0 Å². The molecule has 0 aliphatic heterocycles. The minimum absolute atomic E-state index is 0.114. The average Bonchev–Trinajstić information content (AvgIpc) is 2.71. The van der Waals surface area contributed by atoms with Crippen molar-refractivity contribution in [1.82, 2.24) is 0 Å². The molecule has 0 fully saturated rings. The smallest absolute Gasteiger partial charge is 0.192 e.